The Bertz CT molecular complexity index is 426. The van der Waals surface area contributed by atoms with Gasteiger partial charge in [0.2, 0.25) is 0 Å². The summed E-state index contributed by atoms with van der Waals surface area (Å²) in [5.41, 5.74) is 4.07. The number of hydrogen-bond donors (Lipinski definition) is 1. The van der Waals surface area contributed by atoms with Gasteiger partial charge in [0.25, 0.3) is 0 Å². The van der Waals surface area contributed by atoms with Crippen molar-refractivity contribution in [1.29, 1.82) is 0 Å². The largest absolute Gasteiger partial charge is 0.316 e. The molecule has 0 heterocycles. The second-order valence-corrected chi connectivity index (χ2v) is 6.95. The molecule has 0 aromatic heterocycles. The van der Waals surface area contributed by atoms with Crippen LogP contribution < -0.4 is 5.32 Å². The van der Waals surface area contributed by atoms with Crippen LogP contribution in [0.5, 0.6) is 0 Å². The lowest BCUT2D eigenvalue weighted by Gasteiger charge is -2.23. The summed E-state index contributed by atoms with van der Waals surface area (Å²) in [6.07, 6.45) is 4.69. The van der Waals surface area contributed by atoms with Crippen molar-refractivity contribution >= 4 is 11.6 Å². The zero-order valence-corrected chi connectivity index (χ0v) is 17.2. The fraction of sp³-hybridized carbons (Fsp3) is 0.714. The minimum absolute atomic E-state index is 0.533. The normalized spacial score (nSPS) is 12.0. The van der Waals surface area contributed by atoms with Crippen molar-refractivity contribution in [3.8, 4) is 0 Å². The smallest absolute Gasteiger partial charge is 0.0446 e. The van der Waals surface area contributed by atoms with Crippen LogP contribution in [0.15, 0.2) is 12.1 Å². The second kappa shape index (κ2) is 12.8. The molecular weight excluding hydrogens is 302 g/mol. The Labute approximate surface area is 150 Å². The maximum atomic E-state index is 6.58. The van der Waals surface area contributed by atoms with E-state index in [2.05, 4.69) is 52.1 Å². The van der Waals surface area contributed by atoms with Gasteiger partial charge in [-0.05, 0) is 67.3 Å². The third-order valence-corrected chi connectivity index (χ3v) is 4.39. The molecule has 1 N–H and O–H groups in total. The molecule has 0 aliphatic heterocycles. The van der Waals surface area contributed by atoms with E-state index in [1.807, 2.05) is 13.8 Å². The molecule has 1 rings (SSSR count). The maximum absolute atomic E-state index is 6.58. The number of halogens is 1. The molecule has 1 unspecified atom stereocenters. The molecule has 1 aromatic carbocycles. The van der Waals surface area contributed by atoms with Crippen molar-refractivity contribution in [2.45, 2.75) is 80.1 Å². The first kappa shape index (κ1) is 22.5. The first-order valence-electron chi connectivity index (χ1n) is 9.49. The average molecular weight is 340 g/mol. The molecule has 1 nitrogen and oxygen atoms in total. The summed E-state index contributed by atoms with van der Waals surface area (Å²) in [5.74, 6) is 1.29. The van der Waals surface area contributed by atoms with Crippen molar-refractivity contribution in [3.05, 3.63) is 33.8 Å². The number of hydrogen-bond acceptors (Lipinski definition) is 1. The Balaban J connectivity index is 0.00000232. The van der Waals surface area contributed by atoms with Gasteiger partial charge >= 0.3 is 0 Å². The third kappa shape index (κ3) is 8.22. The quantitative estimate of drug-likeness (QED) is 0.490. The highest BCUT2D eigenvalue weighted by Gasteiger charge is 2.17. The van der Waals surface area contributed by atoms with Crippen LogP contribution in [0.1, 0.15) is 83.4 Å². The first-order chi connectivity index (χ1) is 11.0. The average Bonchev–Trinajstić information content (AvgIpc) is 2.51. The van der Waals surface area contributed by atoms with Crippen molar-refractivity contribution in [3.63, 3.8) is 0 Å². The minimum Gasteiger partial charge on any atom is -0.316 e. The Hall–Kier alpha value is -0.530. The maximum Gasteiger partial charge on any atom is 0.0446 e. The monoisotopic (exact) mass is 339 g/mol. The Morgan fingerprint density at radius 2 is 1.74 bits per heavy atom. The summed E-state index contributed by atoms with van der Waals surface area (Å²) in [5, 5.41) is 4.59. The van der Waals surface area contributed by atoms with Crippen molar-refractivity contribution in [2.24, 2.45) is 5.92 Å². The Morgan fingerprint density at radius 1 is 1.09 bits per heavy atom. The molecule has 0 amide bonds. The molecule has 0 saturated heterocycles. The molecule has 1 aromatic rings. The van der Waals surface area contributed by atoms with Gasteiger partial charge in [-0.2, -0.15) is 0 Å². The predicted octanol–water partition coefficient (Wildman–Crippen LogP) is 6.76. The molecule has 2 heteroatoms. The van der Waals surface area contributed by atoms with E-state index in [0.29, 0.717) is 5.92 Å². The van der Waals surface area contributed by atoms with Crippen LogP contribution in [0.2, 0.25) is 5.02 Å². The lowest BCUT2D eigenvalue weighted by atomic mass is 9.88. The summed E-state index contributed by atoms with van der Waals surface area (Å²) in [6, 6.07) is 4.42. The van der Waals surface area contributed by atoms with E-state index in [-0.39, 0.29) is 0 Å². The highest BCUT2D eigenvalue weighted by atomic mass is 35.5. The lowest BCUT2D eigenvalue weighted by Crippen LogP contribution is -2.24. The number of rotatable bonds is 9. The van der Waals surface area contributed by atoms with E-state index >= 15 is 0 Å². The van der Waals surface area contributed by atoms with E-state index in [1.165, 1.54) is 36.0 Å². The fourth-order valence-electron chi connectivity index (χ4n) is 2.94. The lowest BCUT2D eigenvalue weighted by molar-refractivity contribution is 0.496. The van der Waals surface area contributed by atoms with E-state index in [4.69, 9.17) is 11.6 Å². The van der Waals surface area contributed by atoms with E-state index in [9.17, 15) is 0 Å². The molecule has 23 heavy (non-hydrogen) atoms. The number of nitrogens with one attached hydrogen (secondary N) is 1. The van der Waals surface area contributed by atoms with E-state index in [1.54, 1.807) is 0 Å². The topological polar surface area (TPSA) is 12.0 Å². The first-order valence-corrected chi connectivity index (χ1v) is 9.86. The third-order valence-electron chi connectivity index (χ3n) is 4.08. The molecular formula is C21H38ClN. The van der Waals surface area contributed by atoms with E-state index < -0.39 is 0 Å². The SMILES string of the molecule is CC.CCCC(CNCCC(C)C)c1c(Cl)cc(C)cc1CC. The molecule has 0 bridgehead atoms. The van der Waals surface area contributed by atoms with Gasteiger partial charge in [0.1, 0.15) is 0 Å². The fourth-order valence-corrected chi connectivity index (χ4v) is 3.39. The number of aryl methyl sites for hydroxylation is 2. The van der Waals surface area contributed by atoms with Crippen molar-refractivity contribution < 1.29 is 0 Å². The minimum atomic E-state index is 0.533. The Kier molecular flexibility index (Phi) is 12.5. The van der Waals surface area contributed by atoms with Gasteiger partial charge in [0.15, 0.2) is 0 Å². The molecule has 134 valence electrons. The van der Waals surface area contributed by atoms with Crippen LogP contribution in [-0.2, 0) is 6.42 Å². The van der Waals surface area contributed by atoms with Crippen LogP contribution in [-0.4, -0.2) is 13.1 Å². The highest BCUT2D eigenvalue weighted by Crippen LogP contribution is 2.32. The Morgan fingerprint density at radius 3 is 2.26 bits per heavy atom. The van der Waals surface area contributed by atoms with Crippen LogP contribution in [0, 0.1) is 12.8 Å². The summed E-state index contributed by atoms with van der Waals surface area (Å²) < 4.78 is 0. The van der Waals surface area contributed by atoms with E-state index in [0.717, 1.165) is 30.5 Å². The van der Waals surface area contributed by atoms with Crippen LogP contribution >= 0.6 is 11.6 Å². The molecule has 1 atom stereocenters. The summed E-state index contributed by atoms with van der Waals surface area (Å²) in [6.45, 7) is 17.3. The molecule has 0 spiro atoms. The van der Waals surface area contributed by atoms with Crippen LogP contribution in [0.4, 0.5) is 0 Å². The van der Waals surface area contributed by atoms with Crippen molar-refractivity contribution in [1.82, 2.24) is 5.32 Å². The highest BCUT2D eigenvalue weighted by molar-refractivity contribution is 6.31. The predicted molar refractivity (Wildman–Crippen MR) is 107 cm³/mol. The number of benzene rings is 1. The zero-order chi connectivity index (χ0) is 17.8. The van der Waals surface area contributed by atoms with Gasteiger partial charge in [-0.1, -0.05) is 65.6 Å². The van der Waals surface area contributed by atoms with Gasteiger partial charge in [0.05, 0.1) is 0 Å². The van der Waals surface area contributed by atoms with Crippen molar-refractivity contribution in [2.75, 3.05) is 13.1 Å². The van der Waals surface area contributed by atoms with Gasteiger partial charge in [-0.25, -0.2) is 0 Å². The van der Waals surface area contributed by atoms with Gasteiger partial charge < -0.3 is 5.32 Å². The molecule has 0 aliphatic rings. The van der Waals surface area contributed by atoms with Crippen LogP contribution in [0.3, 0.4) is 0 Å². The standard InChI is InChI=1S/C19H32ClN.C2H6/c1-6-8-17(13-21-10-9-14(3)4)19-16(7-2)11-15(5)12-18(19)20;1-2/h11-12,14,17,21H,6-10,13H2,1-5H3;1-2H3. The summed E-state index contributed by atoms with van der Waals surface area (Å²) in [4.78, 5) is 0. The van der Waals surface area contributed by atoms with Gasteiger partial charge in [-0.3, -0.25) is 0 Å². The zero-order valence-electron chi connectivity index (χ0n) is 16.4. The molecule has 0 aliphatic carbocycles. The summed E-state index contributed by atoms with van der Waals surface area (Å²) in [7, 11) is 0. The molecule has 0 saturated carbocycles. The molecule has 0 radical (unpaired) electrons. The van der Waals surface area contributed by atoms with Crippen LogP contribution in [0.25, 0.3) is 0 Å². The van der Waals surface area contributed by atoms with Gasteiger partial charge in [0, 0.05) is 11.6 Å². The molecule has 0 fully saturated rings. The summed E-state index contributed by atoms with van der Waals surface area (Å²) >= 11 is 6.58. The second-order valence-electron chi connectivity index (χ2n) is 6.55. The van der Waals surface area contributed by atoms with Gasteiger partial charge in [-0.15, -0.1) is 0 Å².